The lowest BCUT2D eigenvalue weighted by Crippen LogP contribution is -2.39. The van der Waals surface area contributed by atoms with Crippen molar-refractivity contribution in [1.82, 2.24) is 14.9 Å². The van der Waals surface area contributed by atoms with Crippen LogP contribution in [0.25, 0.3) is 10.2 Å². The van der Waals surface area contributed by atoms with E-state index < -0.39 is 6.04 Å². The van der Waals surface area contributed by atoms with Gasteiger partial charge in [0.2, 0.25) is 5.91 Å². The Bertz CT molecular complexity index is 740. The van der Waals surface area contributed by atoms with Gasteiger partial charge in [0, 0.05) is 12.5 Å². The molecular formula is C15H18N4O2S. The van der Waals surface area contributed by atoms with Crippen molar-refractivity contribution in [3.8, 4) is 0 Å². The van der Waals surface area contributed by atoms with E-state index in [9.17, 15) is 9.59 Å². The molecule has 1 unspecified atom stereocenters. The van der Waals surface area contributed by atoms with Gasteiger partial charge in [0.25, 0.3) is 5.91 Å². The average molecular weight is 318 g/mol. The largest absolute Gasteiger partial charge is 0.357 e. The lowest BCUT2D eigenvalue weighted by Gasteiger charge is -2.19. The van der Waals surface area contributed by atoms with Gasteiger partial charge in [0.15, 0.2) is 0 Å². The topological polar surface area (TPSA) is 75.2 Å². The van der Waals surface area contributed by atoms with Crippen LogP contribution >= 0.6 is 11.3 Å². The van der Waals surface area contributed by atoms with Gasteiger partial charge in [-0.1, -0.05) is 6.92 Å². The zero-order chi connectivity index (χ0) is 15.9. The number of imide groups is 1. The van der Waals surface area contributed by atoms with Crippen molar-refractivity contribution in [3.05, 3.63) is 17.3 Å². The van der Waals surface area contributed by atoms with Gasteiger partial charge in [-0.2, -0.15) is 0 Å². The highest BCUT2D eigenvalue weighted by Gasteiger charge is 2.40. The SMILES string of the molecule is CCc1nc(NC2CC(=O)N(C(C)C)C2=O)c2ccsc2n1. The van der Waals surface area contributed by atoms with Gasteiger partial charge in [-0.15, -0.1) is 11.3 Å². The van der Waals surface area contributed by atoms with Crippen molar-refractivity contribution in [2.24, 2.45) is 0 Å². The van der Waals surface area contributed by atoms with Crippen LogP contribution in [0.2, 0.25) is 0 Å². The van der Waals surface area contributed by atoms with Crippen LogP contribution in [0, 0.1) is 0 Å². The Morgan fingerprint density at radius 2 is 2.18 bits per heavy atom. The van der Waals surface area contributed by atoms with E-state index in [1.54, 1.807) is 11.3 Å². The summed E-state index contributed by atoms with van der Waals surface area (Å²) >= 11 is 1.54. The molecule has 3 heterocycles. The molecule has 1 atom stereocenters. The number of fused-ring (bicyclic) bond motifs is 1. The molecule has 22 heavy (non-hydrogen) atoms. The normalized spacial score (nSPS) is 18.7. The maximum Gasteiger partial charge on any atom is 0.252 e. The Morgan fingerprint density at radius 1 is 1.41 bits per heavy atom. The minimum atomic E-state index is -0.544. The molecule has 0 aromatic carbocycles. The summed E-state index contributed by atoms with van der Waals surface area (Å²) in [5.74, 6) is 1.05. The molecule has 2 aromatic heterocycles. The van der Waals surface area contributed by atoms with Crippen molar-refractivity contribution in [1.29, 1.82) is 0 Å². The van der Waals surface area contributed by atoms with Crippen molar-refractivity contribution >= 4 is 39.2 Å². The van der Waals surface area contributed by atoms with Gasteiger partial charge in [-0.05, 0) is 25.3 Å². The highest BCUT2D eigenvalue weighted by molar-refractivity contribution is 7.16. The van der Waals surface area contributed by atoms with Crippen LogP contribution in [0.1, 0.15) is 33.0 Å². The van der Waals surface area contributed by atoms with Gasteiger partial charge >= 0.3 is 0 Å². The molecule has 7 heteroatoms. The molecule has 3 rings (SSSR count). The number of carbonyl (C=O) groups is 2. The Morgan fingerprint density at radius 3 is 2.82 bits per heavy atom. The van der Waals surface area contributed by atoms with Crippen molar-refractivity contribution in [3.63, 3.8) is 0 Å². The fourth-order valence-electron chi connectivity index (χ4n) is 2.64. The van der Waals surface area contributed by atoms with Crippen molar-refractivity contribution < 1.29 is 9.59 Å². The number of aromatic nitrogens is 2. The Balaban J connectivity index is 1.92. The third kappa shape index (κ3) is 2.45. The molecule has 2 aromatic rings. The van der Waals surface area contributed by atoms with Crippen LogP contribution in [-0.2, 0) is 16.0 Å². The zero-order valence-corrected chi connectivity index (χ0v) is 13.6. The van der Waals surface area contributed by atoms with E-state index in [2.05, 4.69) is 15.3 Å². The number of nitrogens with zero attached hydrogens (tertiary/aromatic N) is 3. The highest BCUT2D eigenvalue weighted by atomic mass is 32.1. The Kier molecular flexibility index (Phi) is 3.82. The molecule has 0 bridgehead atoms. The molecular weight excluding hydrogens is 300 g/mol. The first-order valence-corrected chi connectivity index (χ1v) is 8.25. The van der Waals surface area contributed by atoms with E-state index in [0.717, 1.165) is 22.5 Å². The lowest BCUT2D eigenvalue weighted by molar-refractivity contribution is -0.140. The molecule has 0 spiro atoms. The number of aryl methyl sites for hydroxylation is 1. The van der Waals surface area contributed by atoms with Gasteiger partial charge in [0.05, 0.1) is 11.8 Å². The Hall–Kier alpha value is -2.02. The van der Waals surface area contributed by atoms with E-state index in [0.29, 0.717) is 5.82 Å². The maximum atomic E-state index is 12.4. The zero-order valence-electron chi connectivity index (χ0n) is 12.8. The third-order valence-electron chi connectivity index (χ3n) is 3.70. The summed E-state index contributed by atoms with van der Waals surface area (Å²) in [5.41, 5.74) is 0. The maximum absolute atomic E-state index is 12.4. The smallest absolute Gasteiger partial charge is 0.252 e. The quantitative estimate of drug-likeness (QED) is 0.875. The number of hydrogen-bond acceptors (Lipinski definition) is 6. The fraction of sp³-hybridized carbons (Fsp3) is 0.467. The predicted molar refractivity (Wildman–Crippen MR) is 85.8 cm³/mol. The predicted octanol–water partition coefficient (Wildman–Crippen LogP) is 2.20. The van der Waals surface area contributed by atoms with Crippen molar-refractivity contribution in [2.75, 3.05) is 5.32 Å². The summed E-state index contributed by atoms with van der Waals surface area (Å²) in [6.07, 6.45) is 0.895. The molecule has 2 amide bonds. The number of thiophene rings is 1. The van der Waals surface area contributed by atoms with Gasteiger partial charge in [-0.3, -0.25) is 14.5 Å². The van der Waals surface area contributed by atoms with E-state index in [1.807, 2.05) is 32.2 Å². The molecule has 1 saturated heterocycles. The second-order valence-corrected chi connectivity index (χ2v) is 6.47. The van der Waals surface area contributed by atoms with Gasteiger partial charge < -0.3 is 5.32 Å². The summed E-state index contributed by atoms with van der Waals surface area (Å²) in [6.45, 7) is 5.67. The Labute approximate surface area is 132 Å². The van der Waals surface area contributed by atoms with Crippen LogP contribution < -0.4 is 5.32 Å². The van der Waals surface area contributed by atoms with Crippen LogP contribution in [0.15, 0.2) is 11.4 Å². The molecule has 1 aliphatic rings. The molecule has 1 fully saturated rings. The average Bonchev–Trinajstić information content (AvgIpc) is 3.03. The first kappa shape index (κ1) is 14.9. The van der Waals surface area contributed by atoms with Crippen LogP contribution in [0.3, 0.4) is 0 Å². The second-order valence-electron chi connectivity index (χ2n) is 5.58. The summed E-state index contributed by atoms with van der Waals surface area (Å²) in [6, 6.07) is 1.27. The number of nitrogens with one attached hydrogen (secondary N) is 1. The standard InChI is InChI=1S/C15H18N4O2S/c1-4-11-17-13(9-5-6-22-14(9)18-11)16-10-7-12(20)19(8(2)3)15(10)21/h5-6,8,10H,4,7H2,1-3H3,(H,16,17,18). The van der Waals surface area contributed by atoms with Crippen LogP contribution in [0.4, 0.5) is 5.82 Å². The van der Waals surface area contributed by atoms with E-state index in [-0.39, 0.29) is 24.3 Å². The first-order valence-electron chi connectivity index (χ1n) is 7.37. The highest BCUT2D eigenvalue weighted by Crippen LogP contribution is 2.27. The number of rotatable bonds is 4. The number of anilines is 1. The number of carbonyl (C=O) groups excluding carboxylic acids is 2. The van der Waals surface area contributed by atoms with Crippen LogP contribution in [0.5, 0.6) is 0 Å². The van der Waals surface area contributed by atoms with Gasteiger partial charge in [-0.25, -0.2) is 9.97 Å². The molecule has 0 saturated carbocycles. The molecule has 0 radical (unpaired) electrons. The molecule has 0 aliphatic carbocycles. The second kappa shape index (κ2) is 5.64. The summed E-state index contributed by atoms with van der Waals surface area (Å²) in [7, 11) is 0. The number of amides is 2. The number of likely N-dealkylation sites (tertiary alicyclic amines) is 1. The molecule has 116 valence electrons. The molecule has 6 nitrogen and oxygen atoms in total. The van der Waals surface area contributed by atoms with Gasteiger partial charge in [0.1, 0.15) is 22.5 Å². The van der Waals surface area contributed by atoms with Crippen LogP contribution in [-0.4, -0.2) is 38.8 Å². The van der Waals surface area contributed by atoms with E-state index in [1.165, 1.54) is 4.90 Å². The van der Waals surface area contributed by atoms with E-state index >= 15 is 0 Å². The summed E-state index contributed by atoms with van der Waals surface area (Å²) in [5, 5.41) is 6.00. The minimum absolute atomic E-state index is 0.121. The van der Waals surface area contributed by atoms with Crippen molar-refractivity contribution in [2.45, 2.75) is 45.7 Å². The summed E-state index contributed by atoms with van der Waals surface area (Å²) in [4.78, 5) is 35.6. The first-order chi connectivity index (χ1) is 10.5. The fourth-order valence-corrected chi connectivity index (χ4v) is 3.42. The monoisotopic (exact) mass is 318 g/mol. The number of hydrogen-bond donors (Lipinski definition) is 1. The molecule has 1 N–H and O–H groups in total. The summed E-state index contributed by atoms with van der Waals surface area (Å²) < 4.78 is 0. The third-order valence-corrected chi connectivity index (χ3v) is 4.50. The minimum Gasteiger partial charge on any atom is -0.357 e. The molecule has 1 aliphatic heterocycles. The van der Waals surface area contributed by atoms with E-state index in [4.69, 9.17) is 0 Å². The lowest BCUT2D eigenvalue weighted by atomic mass is 10.2.